The lowest BCUT2D eigenvalue weighted by Crippen LogP contribution is -2.57. The number of fused-ring (bicyclic) bond motifs is 2. The van der Waals surface area contributed by atoms with Gasteiger partial charge in [-0.25, -0.2) is 0 Å². The maximum Gasteiger partial charge on any atom is 0.257 e. The molecule has 0 aliphatic carbocycles. The number of amides is 2. The predicted molar refractivity (Wildman–Crippen MR) is 110 cm³/mol. The minimum Gasteiger partial charge on any atom is -0.351 e. The molecule has 2 aromatic carbocycles. The fourth-order valence-electron chi connectivity index (χ4n) is 4.25. The van der Waals surface area contributed by atoms with Gasteiger partial charge in [0.25, 0.3) is 11.8 Å². The predicted octanol–water partition coefficient (Wildman–Crippen LogP) is 3.72. The Morgan fingerprint density at radius 1 is 1.14 bits per heavy atom. The summed E-state index contributed by atoms with van der Waals surface area (Å²) in [5, 5.41) is 2.99. The molecular formula is C23H27N3O2. The third-order valence-corrected chi connectivity index (χ3v) is 5.81. The highest BCUT2D eigenvalue weighted by Gasteiger charge is 2.38. The van der Waals surface area contributed by atoms with E-state index in [1.54, 1.807) is 6.07 Å². The Balaban J connectivity index is 1.56. The number of aryl methyl sites for hydroxylation is 1. The van der Waals surface area contributed by atoms with Gasteiger partial charge >= 0.3 is 0 Å². The number of nitrogens with zero attached hydrogens (tertiary/aromatic N) is 2. The first-order valence-electron chi connectivity index (χ1n) is 10.1. The highest BCUT2D eigenvalue weighted by molar-refractivity contribution is 6.04. The molecule has 0 radical (unpaired) electrons. The second-order valence-corrected chi connectivity index (χ2v) is 7.66. The van der Waals surface area contributed by atoms with Gasteiger partial charge in [0.1, 0.15) is 6.17 Å². The number of hydrogen-bond donors (Lipinski definition) is 1. The minimum atomic E-state index is -0.113. The minimum absolute atomic E-state index is 0.0935. The van der Waals surface area contributed by atoms with Gasteiger partial charge in [0.05, 0.1) is 11.3 Å². The van der Waals surface area contributed by atoms with Crippen molar-refractivity contribution >= 4 is 17.5 Å². The second-order valence-electron chi connectivity index (χ2n) is 7.66. The Morgan fingerprint density at radius 2 is 1.93 bits per heavy atom. The molecule has 2 aliphatic heterocycles. The van der Waals surface area contributed by atoms with Gasteiger partial charge in [0, 0.05) is 25.2 Å². The van der Waals surface area contributed by atoms with Crippen LogP contribution in [0.2, 0.25) is 0 Å². The average Bonchev–Trinajstić information content (AvgIpc) is 2.73. The zero-order chi connectivity index (χ0) is 19.7. The van der Waals surface area contributed by atoms with E-state index < -0.39 is 0 Å². The third kappa shape index (κ3) is 3.37. The van der Waals surface area contributed by atoms with E-state index in [0.29, 0.717) is 17.7 Å². The molecule has 2 aromatic rings. The van der Waals surface area contributed by atoms with Crippen LogP contribution in [-0.2, 0) is 6.54 Å². The van der Waals surface area contributed by atoms with Crippen LogP contribution >= 0.6 is 0 Å². The van der Waals surface area contributed by atoms with Crippen LogP contribution in [0.5, 0.6) is 0 Å². The van der Waals surface area contributed by atoms with Crippen LogP contribution < -0.4 is 10.2 Å². The lowest BCUT2D eigenvalue weighted by molar-refractivity contribution is 0.0582. The fourth-order valence-corrected chi connectivity index (χ4v) is 4.25. The summed E-state index contributed by atoms with van der Waals surface area (Å²) in [5.74, 6) is -0.0195. The van der Waals surface area contributed by atoms with Crippen molar-refractivity contribution in [3.05, 3.63) is 64.7 Å². The number of piperidine rings is 1. The number of rotatable bonds is 4. The Morgan fingerprint density at radius 3 is 2.68 bits per heavy atom. The Bertz CT molecular complexity index is 891. The molecular weight excluding hydrogens is 350 g/mol. The van der Waals surface area contributed by atoms with Crippen molar-refractivity contribution in [1.29, 1.82) is 0 Å². The zero-order valence-electron chi connectivity index (χ0n) is 16.6. The van der Waals surface area contributed by atoms with Gasteiger partial charge in [-0.1, -0.05) is 29.8 Å². The molecule has 28 heavy (non-hydrogen) atoms. The molecule has 0 aromatic heterocycles. The van der Waals surface area contributed by atoms with Crippen molar-refractivity contribution in [2.45, 2.75) is 45.8 Å². The molecule has 1 saturated heterocycles. The fraction of sp³-hybridized carbons (Fsp3) is 0.391. The standard InChI is InChI=1S/C23H27N3O2/c1-3-25-20-14-18(22(27)24-15-17-9-7-16(2)8-10-17)11-12-19(20)23(28)26-13-5-4-6-21(25)26/h7-12,14,21H,3-6,13,15H2,1-2H3,(H,24,27). The van der Waals surface area contributed by atoms with E-state index in [9.17, 15) is 9.59 Å². The van der Waals surface area contributed by atoms with Gasteiger partial charge in [-0.2, -0.15) is 0 Å². The highest BCUT2D eigenvalue weighted by Crippen LogP contribution is 2.35. The molecule has 2 amide bonds. The highest BCUT2D eigenvalue weighted by atomic mass is 16.2. The molecule has 1 atom stereocenters. The van der Waals surface area contributed by atoms with Crippen molar-refractivity contribution in [3.63, 3.8) is 0 Å². The van der Waals surface area contributed by atoms with Crippen molar-refractivity contribution < 1.29 is 9.59 Å². The molecule has 1 fully saturated rings. The Kier molecular flexibility index (Phi) is 5.07. The van der Waals surface area contributed by atoms with E-state index in [0.717, 1.165) is 43.6 Å². The number of nitrogens with one attached hydrogen (secondary N) is 1. The Labute approximate surface area is 166 Å². The van der Waals surface area contributed by atoms with Crippen LogP contribution in [0.4, 0.5) is 5.69 Å². The quantitative estimate of drug-likeness (QED) is 0.884. The largest absolute Gasteiger partial charge is 0.351 e. The molecule has 146 valence electrons. The zero-order valence-corrected chi connectivity index (χ0v) is 16.6. The first kappa shape index (κ1) is 18.5. The summed E-state index contributed by atoms with van der Waals surface area (Å²) in [6.07, 6.45) is 3.30. The van der Waals surface area contributed by atoms with E-state index in [1.807, 2.05) is 48.2 Å². The third-order valence-electron chi connectivity index (χ3n) is 5.81. The van der Waals surface area contributed by atoms with Gasteiger partial charge in [-0.3, -0.25) is 9.59 Å². The number of anilines is 1. The van der Waals surface area contributed by atoms with Crippen LogP contribution in [0.15, 0.2) is 42.5 Å². The van der Waals surface area contributed by atoms with Crippen molar-refractivity contribution in [3.8, 4) is 0 Å². The maximum absolute atomic E-state index is 12.9. The van der Waals surface area contributed by atoms with E-state index in [4.69, 9.17) is 0 Å². The lowest BCUT2D eigenvalue weighted by Gasteiger charge is -2.47. The van der Waals surface area contributed by atoms with E-state index in [2.05, 4.69) is 17.1 Å². The molecule has 5 nitrogen and oxygen atoms in total. The van der Waals surface area contributed by atoms with Gasteiger partial charge in [-0.05, 0) is 56.9 Å². The van der Waals surface area contributed by atoms with Gasteiger partial charge < -0.3 is 15.1 Å². The summed E-state index contributed by atoms with van der Waals surface area (Å²) in [6, 6.07) is 13.6. The number of benzene rings is 2. The summed E-state index contributed by atoms with van der Waals surface area (Å²) in [6.45, 7) is 6.28. The number of carbonyl (C=O) groups is 2. The van der Waals surface area contributed by atoms with E-state index in [-0.39, 0.29) is 18.0 Å². The SMILES string of the molecule is CCN1c2cc(C(=O)NCc3ccc(C)cc3)ccc2C(=O)N2CCCCC21. The van der Waals surface area contributed by atoms with Gasteiger partial charge in [-0.15, -0.1) is 0 Å². The monoisotopic (exact) mass is 377 g/mol. The molecule has 5 heteroatoms. The van der Waals surface area contributed by atoms with Crippen LogP contribution in [0, 0.1) is 6.92 Å². The number of carbonyl (C=O) groups excluding carboxylic acids is 2. The first-order chi connectivity index (χ1) is 13.6. The molecule has 0 bridgehead atoms. The molecule has 2 heterocycles. The molecule has 1 N–H and O–H groups in total. The molecule has 2 aliphatic rings. The summed E-state index contributed by atoms with van der Waals surface area (Å²) in [5.41, 5.74) is 4.46. The smallest absolute Gasteiger partial charge is 0.257 e. The van der Waals surface area contributed by atoms with Gasteiger partial charge in [0.15, 0.2) is 0 Å². The summed E-state index contributed by atoms with van der Waals surface area (Å²) in [7, 11) is 0. The second kappa shape index (κ2) is 7.66. The van der Waals surface area contributed by atoms with Crippen molar-refractivity contribution in [1.82, 2.24) is 10.2 Å². The van der Waals surface area contributed by atoms with E-state index in [1.165, 1.54) is 5.56 Å². The van der Waals surface area contributed by atoms with E-state index >= 15 is 0 Å². The topological polar surface area (TPSA) is 52.7 Å². The maximum atomic E-state index is 12.9. The molecule has 1 unspecified atom stereocenters. The molecule has 4 rings (SSSR count). The average molecular weight is 377 g/mol. The van der Waals surface area contributed by atoms with Crippen LogP contribution in [0.25, 0.3) is 0 Å². The number of hydrogen-bond acceptors (Lipinski definition) is 3. The Hall–Kier alpha value is -2.82. The van der Waals surface area contributed by atoms with Crippen molar-refractivity contribution in [2.24, 2.45) is 0 Å². The van der Waals surface area contributed by atoms with Crippen LogP contribution in [-0.4, -0.2) is 36.0 Å². The normalized spacial score (nSPS) is 18.5. The first-order valence-corrected chi connectivity index (χ1v) is 10.1. The van der Waals surface area contributed by atoms with Gasteiger partial charge in [0.2, 0.25) is 0 Å². The summed E-state index contributed by atoms with van der Waals surface area (Å²) < 4.78 is 0. The van der Waals surface area contributed by atoms with Crippen LogP contribution in [0.1, 0.15) is 58.0 Å². The molecule has 0 saturated carbocycles. The molecule has 0 spiro atoms. The summed E-state index contributed by atoms with van der Waals surface area (Å²) in [4.78, 5) is 29.9. The lowest BCUT2D eigenvalue weighted by atomic mass is 9.97. The van der Waals surface area contributed by atoms with Crippen LogP contribution in [0.3, 0.4) is 0 Å². The van der Waals surface area contributed by atoms with Crippen molar-refractivity contribution in [2.75, 3.05) is 18.0 Å². The summed E-state index contributed by atoms with van der Waals surface area (Å²) >= 11 is 0.